The van der Waals surface area contributed by atoms with Crippen LogP contribution in [0.25, 0.3) is 0 Å². The van der Waals surface area contributed by atoms with Crippen molar-refractivity contribution in [2.45, 2.75) is 25.2 Å². The molecule has 2 N–H and O–H groups in total. The molecule has 0 aliphatic carbocycles. The fourth-order valence-electron chi connectivity index (χ4n) is 2.14. The summed E-state index contributed by atoms with van der Waals surface area (Å²) in [6, 6.07) is 14.6. The van der Waals surface area contributed by atoms with Crippen molar-refractivity contribution in [3.63, 3.8) is 0 Å². The number of pyridine rings is 1. The highest BCUT2D eigenvalue weighted by Gasteiger charge is 1.98. The zero-order chi connectivity index (χ0) is 17.0. The zero-order valence-electron chi connectivity index (χ0n) is 14.9. The largest absolute Gasteiger partial charge is 0.357 e. The summed E-state index contributed by atoms with van der Waals surface area (Å²) in [7, 11) is 0. The van der Waals surface area contributed by atoms with Crippen LogP contribution in [0.3, 0.4) is 0 Å². The summed E-state index contributed by atoms with van der Waals surface area (Å²) in [4.78, 5) is 10.3. The van der Waals surface area contributed by atoms with E-state index in [0.717, 1.165) is 43.5 Å². The van der Waals surface area contributed by atoms with E-state index in [2.05, 4.69) is 57.9 Å². The summed E-state index contributed by atoms with van der Waals surface area (Å²) in [5.41, 5.74) is 2.27. The molecule has 2 aromatic rings. The van der Waals surface area contributed by atoms with Crippen LogP contribution in [-0.4, -0.2) is 36.3 Å². The third-order valence-corrected chi connectivity index (χ3v) is 4.41. The number of benzene rings is 1. The van der Waals surface area contributed by atoms with Crippen molar-refractivity contribution in [2.24, 2.45) is 4.99 Å². The van der Waals surface area contributed by atoms with Gasteiger partial charge in [0.15, 0.2) is 5.96 Å². The Morgan fingerprint density at radius 2 is 1.92 bits per heavy atom. The van der Waals surface area contributed by atoms with Crippen LogP contribution >= 0.6 is 35.7 Å². The molecule has 0 atom stereocenters. The van der Waals surface area contributed by atoms with E-state index in [-0.39, 0.29) is 24.0 Å². The molecular formula is C19H27IN4S. The molecule has 0 aliphatic rings. The molecule has 25 heavy (non-hydrogen) atoms. The van der Waals surface area contributed by atoms with Crippen molar-refractivity contribution >= 4 is 41.7 Å². The highest BCUT2D eigenvalue weighted by molar-refractivity contribution is 14.0. The van der Waals surface area contributed by atoms with Gasteiger partial charge in [-0.1, -0.05) is 24.3 Å². The number of thioether (sulfide) groups is 1. The molecule has 1 heterocycles. The van der Waals surface area contributed by atoms with Gasteiger partial charge in [0.05, 0.1) is 0 Å². The van der Waals surface area contributed by atoms with E-state index in [9.17, 15) is 0 Å². The van der Waals surface area contributed by atoms with Gasteiger partial charge in [0, 0.05) is 42.2 Å². The third-order valence-electron chi connectivity index (χ3n) is 3.39. The van der Waals surface area contributed by atoms with Gasteiger partial charge in [-0.05, 0) is 44.0 Å². The molecule has 0 aliphatic heterocycles. The number of aryl methyl sites for hydroxylation is 1. The molecule has 1 aromatic carbocycles. The van der Waals surface area contributed by atoms with Crippen molar-refractivity contribution in [3.05, 3.63) is 59.9 Å². The Morgan fingerprint density at radius 3 is 2.60 bits per heavy atom. The van der Waals surface area contributed by atoms with Gasteiger partial charge in [-0.3, -0.25) is 9.98 Å². The number of halogens is 1. The minimum absolute atomic E-state index is 0. The Balaban J connectivity index is 0.00000312. The molecule has 2 rings (SSSR count). The number of aromatic nitrogens is 1. The van der Waals surface area contributed by atoms with Crippen molar-refractivity contribution < 1.29 is 0 Å². The van der Waals surface area contributed by atoms with E-state index >= 15 is 0 Å². The summed E-state index contributed by atoms with van der Waals surface area (Å²) in [6.07, 6.45) is 2.84. The van der Waals surface area contributed by atoms with E-state index in [1.165, 1.54) is 10.5 Å². The molecule has 4 nitrogen and oxygen atoms in total. The van der Waals surface area contributed by atoms with Crippen LogP contribution in [0.5, 0.6) is 0 Å². The predicted octanol–water partition coefficient (Wildman–Crippen LogP) is 3.90. The SMILES string of the molecule is CCNC(=NCCc1ccc(C)nc1)NCCSc1ccccc1.I. The van der Waals surface area contributed by atoms with Gasteiger partial charge in [-0.25, -0.2) is 0 Å². The molecule has 1 aromatic heterocycles. The fourth-order valence-corrected chi connectivity index (χ4v) is 2.93. The minimum Gasteiger partial charge on any atom is -0.357 e. The lowest BCUT2D eigenvalue weighted by Gasteiger charge is -2.11. The number of hydrogen-bond acceptors (Lipinski definition) is 3. The number of rotatable bonds is 8. The van der Waals surface area contributed by atoms with Crippen molar-refractivity contribution in [1.29, 1.82) is 0 Å². The number of aliphatic imine (C=N–C) groups is 1. The number of guanidine groups is 1. The van der Waals surface area contributed by atoms with Gasteiger partial charge in [0.2, 0.25) is 0 Å². The van der Waals surface area contributed by atoms with Crippen LogP contribution in [0.15, 0.2) is 58.5 Å². The second-order valence-corrected chi connectivity index (χ2v) is 6.58. The van der Waals surface area contributed by atoms with Crippen LogP contribution in [0.4, 0.5) is 0 Å². The number of nitrogens with zero attached hydrogens (tertiary/aromatic N) is 2. The van der Waals surface area contributed by atoms with E-state index < -0.39 is 0 Å². The fraction of sp³-hybridized carbons (Fsp3) is 0.368. The maximum atomic E-state index is 4.63. The van der Waals surface area contributed by atoms with Gasteiger partial charge in [-0.15, -0.1) is 35.7 Å². The first-order valence-corrected chi connectivity index (χ1v) is 9.38. The predicted molar refractivity (Wildman–Crippen MR) is 119 cm³/mol. The molecule has 136 valence electrons. The first-order valence-electron chi connectivity index (χ1n) is 8.39. The quantitative estimate of drug-likeness (QED) is 0.202. The lowest BCUT2D eigenvalue weighted by atomic mass is 10.2. The van der Waals surface area contributed by atoms with E-state index in [1.807, 2.05) is 37.0 Å². The molecule has 0 saturated carbocycles. The van der Waals surface area contributed by atoms with Crippen molar-refractivity contribution in [3.8, 4) is 0 Å². The Labute approximate surface area is 172 Å². The highest BCUT2D eigenvalue weighted by atomic mass is 127. The van der Waals surface area contributed by atoms with Crippen LogP contribution in [0.1, 0.15) is 18.2 Å². The molecule has 0 spiro atoms. The van der Waals surface area contributed by atoms with Crippen LogP contribution in [-0.2, 0) is 6.42 Å². The molecule has 0 radical (unpaired) electrons. The number of hydrogen-bond donors (Lipinski definition) is 2. The average Bonchev–Trinajstić information content (AvgIpc) is 2.61. The van der Waals surface area contributed by atoms with Crippen LogP contribution in [0.2, 0.25) is 0 Å². The maximum absolute atomic E-state index is 4.63. The Hall–Kier alpha value is -1.28. The molecule has 0 unspecified atom stereocenters. The Morgan fingerprint density at radius 1 is 1.12 bits per heavy atom. The zero-order valence-corrected chi connectivity index (χ0v) is 18.0. The molecule has 6 heteroatoms. The Bertz CT molecular complexity index is 617. The Kier molecular flexibility index (Phi) is 11.3. The normalized spacial score (nSPS) is 10.9. The van der Waals surface area contributed by atoms with Crippen molar-refractivity contribution in [1.82, 2.24) is 15.6 Å². The van der Waals surface area contributed by atoms with E-state index in [4.69, 9.17) is 0 Å². The van der Waals surface area contributed by atoms with Crippen molar-refractivity contribution in [2.75, 3.05) is 25.4 Å². The van der Waals surface area contributed by atoms with Crippen LogP contribution < -0.4 is 10.6 Å². The van der Waals surface area contributed by atoms with Gasteiger partial charge in [0.1, 0.15) is 0 Å². The minimum atomic E-state index is 0. The van der Waals surface area contributed by atoms with Gasteiger partial charge in [0.25, 0.3) is 0 Å². The summed E-state index contributed by atoms with van der Waals surface area (Å²) in [5.74, 6) is 1.89. The summed E-state index contributed by atoms with van der Waals surface area (Å²) < 4.78 is 0. The lowest BCUT2D eigenvalue weighted by molar-refractivity contribution is 0.835. The van der Waals surface area contributed by atoms with E-state index in [0.29, 0.717) is 0 Å². The second-order valence-electron chi connectivity index (χ2n) is 5.41. The smallest absolute Gasteiger partial charge is 0.191 e. The number of nitrogens with one attached hydrogen (secondary N) is 2. The molecule has 0 bridgehead atoms. The average molecular weight is 470 g/mol. The van der Waals surface area contributed by atoms with Gasteiger partial charge >= 0.3 is 0 Å². The molecule has 0 amide bonds. The first-order chi connectivity index (χ1) is 11.8. The lowest BCUT2D eigenvalue weighted by Crippen LogP contribution is -2.38. The van der Waals surface area contributed by atoms with Gasteiger partial charge in [-0.2, -0.15) is 0 Å². The molecular weight excluding hydrogens is 443 g/mol. The topological polar surface area (TPSA) is 49.3 Å². The summed E-state index contributed by atoms with van der Waals surface area (Å²) >= 11 is 1.85. The first kappa shape index (κ1) is 21.8. The summed E-state index contributed by atoms with van der Waals surface area (Å²) in [5, 5.41) is 6.68. The maximum Gasteiger partial charge on any atom is 0.191 e. The van der Waals surface area contributed by atoms with Gasteiger partial charge < -0.3 is 10.6 Å². The third kappa shape index (κ3) is 9.11. The van der Waals surface area contributed by atoms with E-state index in [1.54, 1.807) is 0 Å². The molecule has 0 saturated heterocycles. The standard InChI is InChI=1S/C19H26N4S.HI/c1-3-20-19(21-12-11-17-10-9-16(2)23-15-17)22-13-14-24-18-7-5-4-6-8-18;/h4-10,15H,3,11-14H2,1-2H3,(H2,20,21,22);1H. The summed E-state index contributed by atoms with van der Waals surface area (Å²) in [6.45, 7) is 6.59. The van der Waals surface area contributed by atoms with Crippen LogP contribution in [0, 0.1) is 6.92 Å². The monoisotopic (exact) mass is 470 g/mol. The molecule has 0 fully saturated rings. The highest BCUT2D eigenvalue weighted by Crippen LogP contribution is 2.15. The second kappa shape index (κ2) is 13.0.